The molecule has 0 saturated heterocycles. The number of furan rings is 1. The smallest absolute Gasteiger partial charge is 0.148 e. The zero-order chi connectivity index (χ0) is 16.8. The molecule has 0 aliphatic carbocycles. The molecule has 0 atom stereocenters. The fraction of sp³-hybridized carbons (Fsp3) is 0.0455. The molecule has 0 bridgehead atoms. The minimum absolute atomic E-state index is 0.879. The molecule has 0 fully saturated rings. The van der Waals surface area contributed by atoms with E-state index in [-0.39, 0.29) is 0 Å². The van der Waals surface area contributed by atoms with Crippen LogP contribution in [0, 0.1) is 6.92 Å². The summed E-state index contributed by atoms with van der Waals surface area (Å²) >= 11 is 0. The lowest BCUT2D eigenvalue weighted by molar-refractivity contribution is 0.669. The van der Waals surface area contributed by atoms with Crippen molar-refractivity contribution >= 4 is 21.9 Å². The third kappa shape index (κ3) is 2.09. The summed E-state index contributed by atoms with van der Waals surface area (Å²) in [6, 6.07) is 22.7. The van der Waals surface area contributed by atoms with E-state index < -0.39 is 0 Å². The monoisotopic (exact) mass is 324 g/mol. The Bertz CT molecular complexity index is 1210. The van der Waals surface area contributed by atoms with E-state index in [1.54, 1.807) is 0 Å². The van der Waals surface area contributed by atoms with Gasteiger partial charge in [0, 0.05) is 28.9 Å². The first-order chi connectivity index (χ1) is 12.3. The quantitative estimate of drug-likeness (QED) is 0.414. The fourth-order valence-electron chi connectivity index (χ4n) is 3.45. The molecule has 0 saturated carbocycles. The Kier molecular flexibility index (Phi) is 3.01. The lowest BCUT2D eigenvalue weighted by atomic mass is 10.1. The second-order valence-electron chi connectivity index (χ2n) is 6.19. The molecule has 0 aliphatic rings. The molecule has 0 spiro atoms. The van der Waals surface area contributed by atoms with Gasteiger partial charge in [-0.05, 0) is 30.7 Å². The minimum atomic E-state index is 0.879. The van der Waals surface area contributed by atoms with E-state index in [1.165, 1.54) is 5.56 Å². The van der Waals surface area contributed by atoms with E-state index in [0.717, 1.165) is 39.0 Å². The highest BCUT2D eigenvalue weighted by atomic mass is 16.3. The van der Waals surface area contributed by atoms with Crippen molar-refractivity contribution in [3.8, 4) is 17.1 Å². The molecular formula is C22H16N2O. The van der Waals surface area contributed by atoms with Crippen LogP contribution in [0.5, 0.6) is 0 Å². The number of imidazole rings is 1. The van der Waals surface area contributed by atoms with E-state index in [9.17, 15) is 0 Å². The van der Waals surface area contributed by atoms with Gasteiger partial charge in [-0.25, -0.2) is 4.98 Å². The summed E-state index contributed by atoms with van der Waals surface area (Å²) in [6.07, 6.45) is 3.84. The Balaban J connectivity index is 1.81. The van der Waals surface area contributed by atoms with E-state index in [0.29, 0.717) is 0 Å². The van der Waals surface area contributed by atoms with E-state index in [4.69, 9.17) is 4.42 Å². The Morgan fingerprint density at radius 2 is 1.64 bits per heavy atom. The molecule has 25 heavy (non-hydrogen) atoms. The molecule has 0 aliphatic heterocycles. The summed E-state index contributed by atoms with van der Waals surface area (Å²) in [5.41, 5.74) is 5.12. The summed E-state index contributed by atoms with van der Waals surface area (Å²) < 4.78 is 8.30. The van der Waals surface area contributed by atoms with Crippen LogP contribution < -0.4 is 0 Å². The van der Waals surface area contributed by atoms with E-state index in [1.807, 2.05) is 36.7 Å². The normalized spacial score (nSPS) is 11.4. The molecular weight excluding hydrogens is 308 g/mol. The van der Waals surface area contributed by atoms with E-state index in [2.05, 4.69) is 58.9 Å². The van der Waals surface area contributed by atoms with Gasteiger partial charge in [0.25, 0.3) is 0 Å². The molecule has 0 amide bonds. The maximum absolute atomic E-state index is 6.18. The van der Waals surface area contributed by atoms with Crippen LogP contribution in [-0.2, 0) is 0 Å². The van der Waals surface area contributed by atoms with Gasteiger partial charge in [-0.1, -0.05) is 48.5 Å². The average Bonchev–Trinajstić information content (AvgIpc) is 3.26. The molecule has 0 radical (unpaired) electrons. The predicted octanol–water partition coefficient (Wildman–Crippen LogP) is 5.75. The maximum atomic E-state index is 6.18. The molecule has 3 nitrogen and oxygen atoms in total. The molecule has 0 unspecified atom stereocenters. The number of fused-ring (bicyclic) bond motifs is 3. The summed E-state index contributed by atoms with van der Waals surface area (Å²) in [5, 5.41) is 2.25. The largest absolute Gasteiger partial charge is 0.455 e. The molecule has 0 N–H and O–H groups in total. The second kappa shape index (κ2) is 5.35. The van der Waals surface area contributed by atoms with Gasteiger partial charge in [0.1, 0.15) is 17.0 Å². The van der Waals surface area contributed by atoms with Gasteiger partial charge in [0.05, 0.1) is 5.56 Å². The average molecular weight is 324 g/mol. The van der Waals surface area contributed by atoms with Crippen LogP contribution in [0.3, 0.4) is 0 Å². The molecule has 2 heterocycles. The number of aryl methyl sites for hydroxylation is 1. The lowest BCUT2D eigenvalue weighted by Gasteiger charge is -2.11. The van der Waals surface area contributed by atoms with Crippen molar-refractivity contribution in [2.75, 3.05) is 0 Å². The standard InChI is InChI=1S/C22H16N2O/c1-15-7-2-4-11-19(15)24-14-13-23-22(24)18-10-6-9-17-16-8-3-5-12-20(16)25-21(17)18/h2-14H,1H3. The summed E-state index contributed by atoms with van der Waals surface area (Å²) in [7, 11) is 0. The SMILES string of the molecule is Cc1ccccc1-n1ccnc1-c1cccc2c1oc1ccccc12. The van der Waals surface area contributed by atoms with Crippen LogP contribution >= 0.6 is 0 Å². The number of hydrogen-bond donors (Lipinski definition) is 0. The van der Waals surface area contributed by atoms with Crippen molar-refractivity contribution in [1.29, 1.82) is 0 Å². The number of para-hydroxylation sites is 3. The number of hydrogen-bond acceptors (Lipinski definition) is 2. The summed E-state index contributed by atoms with van der Waals surface area (Å²) in [5.74, 6) is 0.888. The maximum Gasteiger partial charge on any atom is 0.148 e. The van der Waals surface area contributed by atoms with Crippen molar-refractivity contribution in [2.24, 2.45) is 0 Å². The summed E-state index contributed by atoms with van der Waals surface area (Å²) in [4.78, 5) is 4.63. The van der Waals surface area contributed by atoms with Crippen LogP contribution in [0.15, 0.2) is 83.5 Å². The Hall–Kier alpha value is -3.33. The molecule has 5 aromatic rings. The van der Waals surface area contributed by atoms with Crippen molar-refractivity contribution < 1.29 is 4.42 Å². The van der Waals surface area contributed by atoms with E-state index >= 15 is 0 Å². The van der Waals surface area contributed by atoms with Crippen LogP contribution in [0.25, 0.3) is 39.0 Å². The number of nitrogens with zero attached hydrogens (tertiary/aromatic N) is 2. The van der Waals surface area contributed by atoms with Crippen molar-refractivity contribution in [2.45, 2.75) is 6.92 Å². The van der Waals surface area contributed by atoms with Gasteiger partial charge in [0.2, 0.25) is 0 Å². The van der Waals surface area contributed by atoms with Gasteiger partial charge in [-0.2, -0.15) is 0 Å². The predicted molar refractivity (Wildman–Crippen MR) is 101 cm³/mol. The number of benzene rings is 3. The highest BCUT2D eigenvalue weighted by Gasteiger charge is 2.16. The second-order valence-corrected chi connectivity index (χ2v) is 6.19. The van der Waals surface area contributed by atoms with Crippen molar-refractivity contribution in [1.82, 2.24) is 9.55 Å². The molecule has 5 rings (SSSR count). The molecule has 3 aromatic carbocycles. The zero-order valence-electron chi connectivity index (χ0n) is 13.8. The lowest BCUT2D eigenvalue weighted by Crippen LogP contribution is -1.98. The topological polar surface area (TPSA) is 31.0 Å². The minimum Gasteiger partial charge on any atom is -0.455 e. The first-order valence-electron chi connectivity index (χ1n) is 8.33. The van der Waals surface area contributed by atoms with Gasteiger partial charge >= 0.3 is 0 Å². The first kappa shape index (κ1) is 14.1. The third-order valence-electron chi connectivity index (χ3n) is 4.66. The number of rotatable bonds is 2. The fourth-order valence-corrected chi connectivity index (χ4v) is 3.45. The van der Waals surface area contributed by atoms with Crippen LogP contribution in [0.2, 0.25) is 0 Å². The Morgan fingerprint density at radius 1 is 0.840 bits per heavy atom. The van der Waals surface area contributed by atoms with Crippen molar-refractivity contribution in [3.63, 3.8) is 0 Å². The third-order valence-corrected chi connectivity index (χ3v) is 4.66. The highest BCUT2D eigenvalue weighted by Crippen LogP contribution is 2.35. The molecule has 2 aromatic heterocycles. The zero-order valence-corrected chi connectivity index (χ0v) is 13.8. The molecule has 120 valence electrons. The Morgan fingerprint density at radius 3 is 2.56 bits per heavy atom. The Labute approximate surface area is 145 Å². The number of aromatic nitrogens is 2. The van der Waals surface area contributed by atoms with Gasteiger partial charge < -0.3 is 4.42 Å². The molecule has 3 heteroatoms. The van der Waals surface area contributed by atoms with Gasteiger partial charge in [-0.15, -0.1) is 0 Å². The first-order valence-corrected chi connectivity index (χ1v) is 8.33. The van der Waals surface area contributed by atoms with Crippen LogP contribution in [0.1, 0.15) is 5.56 Å². The van der Waals surface area contributed by atoms with Crippen LogP contribution in [0.4, 0.5) is 0 Å². The van der Waals surface area contributed by atoms with Gasteiger partial charge in [0.15, 0.2) is 0 Å². The van der Waals surface area contributed by atoms with Crippen LogP contribution in [-0.4, -0.2) is 9.55 Å². The van der Waals surface area contributed by atoms with Gasteiger partial charge in [-0.3, -0.25) is 4.57 Å². The van der Waals surface area contributed by atoms with Crippen molar-refractivity contribution in [3.05, 3.63) is 84.7 Å². The highest BCUT2D eigenvalue weighted by molar-refractivity contribution is 6.09. The summed E-state index contributed by atoms with van der Waals surface area (Å²) in [6.45, 7) is 2.11.